The van der Waals surface area contributed by atoms with E-state index in [4.69, 9.17) is 5.73 Å². The average Bonchev–Trinajstić information content (AvgIpc) is 3.08. The van der Waals surface area contributed by atoms with Crippen molar-refractivity contribution in [3.05, 3.63) is 35.1 Å². The zero-order valence-electron chi connectivity index (χ0n) is 9.54. The first kappa shape index (κ1) is 11.4. The van der Waals surface area contributed by atoms with Gasteiger partial charge in [0.1, 0.15) is 5.82 Å². The Hall–Kier alpha value is -1.72. The molecule has 0 amide bonds. The van der Waals surface area contributed by atoms with Crippen molar-refractivity contribution in [1.29, 1.82) is 0 Å². The van der Waals surface area contributed by atoms with Crippen LogP contribution in [0.4, 0.5) is 13.2 Å². The van der Waals surface area contributed by atoms with Gasteiger partial charge in [0.05, 0.1) is 12.6 Å². The van der Waals surface area contributed by atoms with Crippen LogP contribution >= 0.6 is 0 Å². The largest absolute Gasteiger partial charge is 0.370 e. The zero-order valence-corrected chi connectivity index (χ0v) is 9.54. The van der Waals surface area contributed by atoms with Crippen molar-refractivity contribution in [3.63, 3.8) is 0 Å². The van der Waals surface area contributed by atoms with Crippen molar-refractivity contribution >= 4 is 5.96 Å². The zero-order chi connectivity index (χ0) is 12.9. The molecule has 3 nitrogen and oxygen atoms in total. The first-order valence-electron chi connectivity index (χ1n) is 5.80. The predicted octanol–water partition coefficient (Wildman–Crippen LogP) is 1.94. The third-order valence-electron chi connectivity index (χ3n) is 3.37. The van der Waals surface area contributed by atoms with Gasteiger partial charge in [-0.05, 0) is 18.9 Å². The summed E-state index contributed by atoms with van der Waals surface area (Å²) in [4.78, 5) is 5.87. The van der Waals surface area contributed by atoms with Gasteiger partial charge in [0.2, 0.25) is 0 Å². The van der Waals surface area contributed by atoms with E-state index in [1.807, 2.05) is 0 Å². The minimum absolute atomic E-state index is 0.116. The first-order chi connectivity index (χ1) is 8.58. The molecule has 1 unspecified atom stereocenters. The van der Waals surface area contributed by atoms with Gasteiger partial charge in [-0.15, -0.1) is 0 Å². The van der Waals surface area contributed by atoms with E-state index in [0.717, 1.165) is 18.9 Å². The molecular weight excluding hydrogens is 243 g/mol. The van der Waals surface area contributed by atoms with Crippen LogP contribution in [-0.2, 0) is 0 Å². The number of guanidine groups is 1. The molecule has 1 atom stereocenters. The van der Waals surface area contributed by atoms with Crippen LogP contribution < -0.4 is 5.73 Å². The van der Waals surface area contributed by atoms with Gasteiger partial charge in [-0.25, -0.2) is 13.2 Å². The molecule has 0 spiro atoms. The second kappa shape index (κ2) is 3.90. The number of rotatable bonds is 2. The number of halogens is 3. The Kier molecular flexibility index (Phi) is 2.46. The molecule has 2 N–H and O–H groups in total. The highest BCUT2D eigenvalue weighted by molar-refractivity contribution is 5.81. The number of aliphatic imine (C=N–C) groups is 1. The van der Waals surface area contributed by atoms with Crippen molar-refractivity contribution in [1.82, 2.24) is 4.90 Å². The van der Waals surface area contributed by atoms with Crippen LogP contribution in [0.2, 0.25) is 0 Å². The van der Waals surface area contributed by atoms with Gasteiger partial charge in [-0.2, -0.15) is 0 Å². The Labute approximate surface area is 102 Å². The standard InChI is InChI=1S/C12H12F3N3/c13-8-4-10(15)9(14)3-7(8)11-5-17-12(16)18(11)6-1-2-6/h3-4,6,11H,1-2,5H2,(H2,16,17). The Bertz CT molecular complexity index is 526. The summed E-state index contributed by atoms with van der Waals surface area (Å²) in [6, 6.07) is 1.30. The molecule has 0 saturated heterocycles. The number of hydrogen-bond acceptors (Lipinski definition) is 3. The molecule has 6 heteroatoms. The number of hydrogen-bond donors (Lipinski definition) is 1. The Morgan fingerprint density at radius 3 is 2.44 bits per heavy atom. The molecule has 0 aromatic heterocycles. The van der Waals surface area contributed by atoms with Gasteiger partial charge in [0.25, 0.3) is 0 Å². The lowest BCUT2D eigenvalue weighted by molar-refractivity contribution is 0.327. The highest BCUT2D eigenvalue weighted by Crippen LogP contribution is 2.38. The second-order valence-electron chi connectivity index (χ2n) is 4.64. The monoisotopic (exact) mass is 255 g/mol. The lowest BCUT2D eigenvalue weighted by Gasteiger charge is -2.26. The molecule has 1 heterocycles. The van der Waals surface area contributed by atoms with E-state index in [0.29, 0.717) is 12.0 Å². The highest BCUT2D eigenvalue weighted by Gasteiger charge is 2.40. The maximum absolute atomic E-state index is 13.7. The number of nitrogens with zero attached hydrogens (tertiary/aromatic N) is 2. The van der Waals surface area contributed by atoms with E-state index in [1.54, 1.807) is 4.90 Å². The van der Waals surface area contributed by atoms with Crippen LogP contribution in [0.3, 0.4) is 0 Å². The second-order valence-corrected chi connectivity index (χ2v) is 4.64. The van der Waals surface area contributed by atoms with Crippen LogP contribution in [0.5, 0.6) is 0 Å². The molecule has 1 aromatic carbocycles. The van der Waals surface area contributed by atoms with Crippen LogP contribution in [0.25, 0.3) is 0 Å². The first-order valence-corrected chi connectivity index (χ1v) is 5.80. The summed E-state index contributed by atoms with van der Waals surface area (Å²) in [5.41, 5.74) is 5.87. The van der Waals surface area contributed by atoms with Crippen molar-refractivity contribution < 1.29 is 13.2 Å². The van der Waals surface area contributed by atoms with Gasteiger partial charge in [0.15, 0.2) is 17.6 Å². The van der Waals surface area contributed by atoms with E-state index < -0.39 is 23.5 Å². The molecular formula is C12H12F3N3. The smallest absolute Gasteiger partial charge is 0.192 e. The molecule has 96 valence electrons. The molecule has 3 rings (SSSR count). The van der Waals surface area contributed by atoms with Crippen molar-refractivity contribution in [2.45, 2.75) is 24.9 Å². The van der Waals surface area contributed by atoms with Crippen molar-refractivity contribution in [3.8, 4) is 0 Å². The summed E-state index contributed by atoms with van der Waals surface area (Å²) in [5, 5.41) is 0. The third-order valence-corrected chi connectivity index (χ3v) is 3.37. The summed E-state index contributed by atoms with van der Waals surface area (Å²) in [7, 11) is 0. The molecule has 1 aromatic rings. The van der Waals surface area contributed by atoms with Crippen LogP contribution in [0, 0.1) is 17.5 Å². The maximum atomic E-state index is 13.7. The summed E-state index contributed by atoms with van der Waals surface area (Å²) < 4.78 is 39.9. The van der Waals surface area contributed by atoms with Gasteiger partial charge in [0, 0.05) is 17.7 Å². The average molecular weight is 255 g/mol. The summed E-state index contributed by atoms with van der Waals surface area (Å²) in [6.45, 7) is 0.282. The van der Waals surface area contributed by atoms with E-state index in [1.165, 1.54) is 0 Å². The Morgan fingerprint density at radius 2 is 1.78 bits per heavy atom. The van der Waals surface area contributed by atoms with Crippen LogP contribution in [-0.4, -0.2) is 23.4 Å². The number of benzene rings is 1. The summed E-state index contributed by atoms with van der Waals surface area (Å²) >= 11 is 0. The van der Waals surface area contributed by atoms with E-state index >= 15 is 0 Å². The fourth-order valence-corrected chi connectivity index (χ4v) is 2.35. The molecule has 1 aliphatic carbocycles. The van der Waals surface area contributed by atoms with E-state index in [-0.39, 0.29) is 18.2 Å². The number of nitrogens with two attached hydrogens (primary N) is 1. The Balaban J connectivity index is 1.97. The molecule has 0 radical (unpaired) electrons. The van der Waals surface area contributed by atoms with Gasteiger partial charge in [-0.3, -0.25) is 4.99 Å². The molecule has 1 aliphatic heterocycles. The fourth-order valence-electron chi connectivity index (χ4n) is 2.35. The minimum Gasteiger partial charge on any atom is -0.370 e. The lowest BCUT2D eigenvalue weighted by atomic mass is 10.0. The lowest BCUT2D eigenvalue weighted by Crippen LogP contribution is -2.38. The normalized spacial score (nSPS) is 23.4. The molecule has 1 saturated carbocycles. The van der Waals surface area contributed by atoms with Gasteiger partial charge < -0.3 is 10.6 Å². The molecule has 18 heavy (non-hydrogen) atoms. The maximum Gasteiger partial charge on any atom is 0.192 e. The molecule has 2 aliphatic rings. The van der Waals surface area contributed by atoms with Crippen LogP contribution in [0.1, 0.15) is 24.4 Å². The third kappa shape index (κ3) is 1.72. The van der Waals surface area contributed by atoms with E-state index in [9.17, 15) is 13.2 Å². The topological polar surface area (TPSA) is 41.6 Å². The van der Waals surface area contributed by atoms with E-state index in [2.05, 4.69) is 4.99 Å². The molecule has 1 fully saturated rings. The van der Waals surface area contributed by atoms with Gasteiger partial charge in [-0.1, -0.05) is 0 Å². The fraction of sp³-hybridized carbons (Fsp3) is 0.417. The minimum atomic E-state index is -1.18. The van der Waals surface area contributed by atoms with Crippen LogP contribution in [0.15, 0.2) is 17.1 Å². The highest BCUT2D eigenvalue weighted by atomic mass is 19.2. The summed E-state index contributed by atoms with van der Waals surface area (Å²) in [5.74, 6) is -2.63. The van der Waals surface area contributed by atoms with Crippen molar-refractivity contribution in [2.75, 3.05) is 6.54 Å². The van der Waals surface area contributed by atoms with Crippen molar-refractivity contribution in [2.24, 2.45) is 10.7 Å². The summed E-state index contributed by atoms with van der Waals surface area (Å²) in [6.07, 6.45) is 1.94. The SMILES string of the molecule is NC1=NCC(c2cc(F)c(F)cc2F)N1C1CC1. The quantitative estimate of drug-likeness (QED) is 0.820. The Morgan fingerprint density at radius 1 is 1.11 bits per heavy atom. The molecule has 0 bridgehead atoms. The van der Waals surface area contributed by atoms with Gasteiger partial charge >= 0.3 is 0 Å². The predicted molar refractivity (Wildman–Crippen MR) is 60.4 cm³/mol.